The lowest BCUT2D eigenvalue weighted by Gasteiger charge is -2.02. The Kier molecular flexibility index (Phi) is 2.97. The first kappa shape index (κ1) is 9.67. The predicted octanol–water partition coefficient (Wildman–Crippen LogP) is 1.33. The number of nitro benzene ring substituents is 1. The molecule has 0 amide bonds. The molecule has 0 saturated heterocycles. The zero-order chi connectivity index (χ0) is 9.84. The average molecular weight is 180 g/mol. The van der Waals surface area contributed by atoms with Crippen LogP contribution in [-0.4, -0.2) is 16.1 Å². The number of nitro groups is 1. The molecular weight excluding hydrogens is 170 g/mol. The topological polar surface area (TPSA) is 63.4 Å². The van der Waals surface area contributed by atoms with Gasteiger partial charge < -0.3 is 5.11 Å². The van der Waals surface area contributed by atoms with E-state index >= 15 is 0 Å². The molecule has 1 aromatic rings. The van der Waals surface area contributed by atoms with E-state index in [2.05, 4.69) is 6.92 Å². The first-order valence-electron chi connectivity index (χ1n) is 3.84. The number of rotatable bonds is 3. The fourth-order valence-electron chi connectivity index (χ4n) is 1.03. The second-order valence-electron chi connectivity index (χ2n) is 2.78. The van der Waals surface area contributed by atoms with Crippen LogP contribution in [0.15, 0.2) is 24.3 Å². The van der Waals surface area contributed by atoms with Gasteiger partial charge in [0.05, 0.1) is 11.0 Å². The molecule has 0 heterocycles. The molecule has 1 atom stereocenters. The van der Waals surface area contributed by atoms with Crippen molar-refractivity contribution in [2.75, 3.05) is 0 Å². The van der Waals surface area contributed by atoms with E-state index in [4.69, 9.17) is 5.11 Å². The Morgan fingerprint density at radius 2 is 2.00 bits per heavy atom. The minimum Gasteiger partial charge on any atom is -0.393 e. The van der Waals surface area contributed by atoms with Crippen molar-refractivity contribution in [1.29, 1.82) is 0 Å². The molecule has 1 N–H and O–H groups in total. The third kappa shape index (κ3) is 2.83. The third-order valence-corrected chi connectivity index (χ3v) is 1.62. The minimum atomic E-state index is -0.665. The lowest BCUT2D eigenvalue weighted by Crippen LogP contribution is -2.04. The second-order valence-corrected chi connectivity index (χ2v) is 2.78. The Bertz CT molecular complexity index is 292. The van der Waals surface area contributed by atoms with E-state index in [-0.39, 0.29) is 5.69 Å². The van der Waals surface area contributed by atoms with Gasteiger partial charge in [-0.3, -0.25) is 10.1 Å². The largest absolute Gasteiger partial charge is 0.393 e. The van der Waals surface area contributed by atoms with Crippen LogP contribution < -0.4 is 0 Å². The monoisotopic (exact) mass is 180 g/mol. The maximum atomic E-state index is 10.3. The second kappa shape index (κ2) is 4.00. The molecule has 4 heteroatoms. The molecule has 0 aliphatic carbocycles. The number of nitrogens with zero attached hydrogens (tertiary/aromatic N) is 1. The smallest absolute Gasteiger partial charge is 0.269 e. The van der Waals surface area contributed by atoms with Crippen molar-refractivity contribution < 1.29 is 10.0 Å². The first-order valence-corrected chi connectivity index (χ1v) is 3.84. The van der Waals surface area contributed by atoms with Crippen LogP contribution in [0.5, 0.6) is 0 Å². The molecule has 0 bridgehead atoms. The van der Waals surface area contributed by atoms with E-state index in [9.17, 15) is 10.1 Å². The van der Waals surface area contributed by atoms with E-state index < -0.39 is 11.0 Å². The number of benzene rings is 1. The molecule has 0 fully saturated rings. The molecule has 1 rings (SSSR count). The van der Waals surface area contributed by atoms with Gasteiger partial charge in [-0.2, -0.15) is 0 Å². The quantitative estimate of drug-likeness (QED) is 0.563. The standard InChI is InChI=1S/C9H10NO3/c1-7(11)6-8-2-4-9(5-3-8)10(12)13/h2-5,7,11H,1,6H2. The predicted molar refractivity (Wildman–Crippen MR) is 48.2 cm³/mol. The fourth-order valence-corrected chi connectivity index (χ4v) is 1.03. The van der Waals surface area contributed by atoms with Gasteiger partial charge in [0.1, 0.15) is 0 Å². The molecular formula is C9H10NO3. The van der Waals surface area contributed by atoms with E-state index in [0.29, 0.717) is 6.42 Å². The molecule has 0 saturated carbocycles. The van der Waals surface area contributed by atoms with Gasteiger partial charge in [-0.15, -0.1) is 0 Å². The third-order valence-electron chi connectivity index (χ3n) is 1.62. The Labute approximate surface area is 76.0 Å². The molecule has 0 aliphatic heterocycles. The summed E-state index contributed by atoms with van der Waals surface area (Å²) in [6, 6.07) is 6.06. The van der Waals surface area contributed by atoms with E-state index in [1.165, 1.54) is 12.1 Å². The molecule has 1 unspecified atom stereocenters. The summed E-state index contributed by atoms with van der Waals surface area (Å²) in [5.41, 5.74) is 0.899. The van der Waals surface area contributed by atoms with Crippen molar-refractivity contribution in [2.45, 2.75) is 12.5 Å². The molecule has 69 valence electrons. The van der Waals surface area contributed by atoms with Gasteiger partial charge in [-0.25, -0.2) is 0 Å². The Hall–Kier alpha value is -1.42. The molecule has 0 aromatic heterocycles. The van der Waals surface area contributed by atoms with Crippen LogP contribution in [-0.2, 0) is 6.42 Å². The van der Waals surface area contributed by atoms with Crippen molar-refractivity contribution >= 4 is 5.69 Å². The van der Waals surface area contributed by atoms with E-state index in [1.54, 1.807) is 12.1 Å². The Morgan fingerprint density at radius 3 is 2.38 bits per heavy atom. The molecule has 1 aromatic carbocycles. The van der Waals surface area contributed by atoms with Crippen LogP contribution in [0.1, 0.15) is 5.56 Å². The van der Waals surface area contributed by atoms with Crippen LogP contribution in [0.2, 0.25) is 0 Å². The van der Waals surface area contributed by atoms with Gasteiger partial charge in [-0.1, -0.05) is 12.1 Å². The summed E-state index contributed by atoms with van der Waals surface area (Å²) in [6.45, 7) is 3.41. The summed E-state index contributed by atoms with van der Waals surface area (Å²) in [6.07, 6.45) is -0.251. The van der Waals surface area contributed by atoms with Gasteiger partial charge in [0.25, 0.3) is 5.69 Å². The maximum absolute atomic E-state index is 10.3. The summed E-state index contributed by atoms with van der Waals surface area (Å²) < 4.78 is 0. The minimum absolute atomic E-state index is 0.0577. The van der Waals surface area contributed by atoms with Crippen LogP contribution in [0.3, 0.4) is 0 Å². The van der Waals surface area contributed by atoms with Gasteiger partial charge in [0.15, 0.2) is 0 Å². The Morgan fingerprint density at radius 1 is 1.46 bits per heavy atom. The number of aliphatic hydroxyl groups excluding tert-OH is 1. The molecule has 0 spiro atoms. The highest BCUT2D eigenvalue weighted by molar-refractivity contribution is 5.33. The maximum Gasteiger partial charge on any atom is 0.269 e. The summed E-state index contributed by atoms with van der Waals surface area (Å²) in [4.78, 5) is 9.82. The van der Waals surface area contributed by atoms with Crippen LogP contribution in [0.25, 0.3) is 0 Å². The van der Waals surface area contributed by atoms with Crippen molar-refractivity contribution in [1.82, 2.24) is 0 Å². The average Bonchev–Trinajstić information content (AvgIpc) is 2.04. The molecule has 4 nitrogen and oxygen atoms in total. The van der Waals surface area contributed by atoms with Crippen molar-refractivity contribution in [3.63, 3.8) is 0 Å². The summed E-state index contributed by atoms with van der Waals surface area (Å²) in [7, 11) is 0. The lowest BCUT2D eigenvalue weighted by atomic mass is 10.1. The molecule has 0 aliphatic rings. The Balaban J connectivity index is 2.75. The van der Waals surface area contributed by atoms with Gasteiger partial charge in [0.2, 0.25) is 0 Å². The lowest BCUT2D eigenvalue weighted by molar-refractivity contribution is -0.384. The number of hydrogen-bond donors (Lipinski definition) is 1. The van der Waals surface area contributed by atoms with Crippen LogP contribution >= 0.6 is 0 Å². The summed E-state index contributed by atoms with van der Waals surface area (Å²) in [5, 5.41) is 19.2. The van der Waals surface area contributed by atoms with Gasteiger partial charge in [0, 0.05) is 12.1 Å². The molecule has 13 heavy (non-hydrogen) atoms. The SMILES string of the molecule is [CH2]C(O)Cc1ccc([N+](=O)[O-])cc1. The first-order chi connectivity index (χ1) is 6.09. The van der Waals surface area contributed by atoms with Crippen LogP contribution in [0.4, 0.5) is 5.69 Å². The van der Waals surface area contributed by atoms with Gasteiger partial charge >= 0.3 is 0 Å². The normalized spacial score (nSPS) is 12.5. The van der Waals surface area contributed by atoms with Crippen LogP contribution in [0, 0.1) is 17.0 Å². The van der Waals surface area contributed by atoms with E-state index in [0.717, 1.165) is 5.56 Å². The highest BCUT2D eigenvalue weighted by atomic mass is 16.6. The summed E-state index contributed by atoms with van der Waals surface area (Å²) >= 11 is 0. The van der Waals surface area contributed by atoms with Gasteiger partial charge in [-0.05, 0) is 18.9 Å². The summed E-state index contributed by atoms with van der Waals surface area (Å²) in [5.74, 6) is 0. The zero-order valence-electron chi connectivity index (χ0n) is 7.01. The molecule has 1 radical (unpaired) electrons. The van der Waals surface area contributed by atoms with E-state index in [1.807, 2.05) is 0 Å². The highest BCUT2D eigenvalue weighted by Gasteiger charge is 2.04. The van der Waals surface area contributed by atoms with Crippen molar-refractivity contribution in [3.8, 4) is 0 Å². The number of aliphatic hydroxyl groups is 1. The van der Waals surface area contributed by atoms with Crippen molar-refractivity contribution in [3.05, 3.63) is 46.9 Å². The fraction of sp³-hybridized carbons (Fsp3) is 0.222. The zero-order valence-corrected chi connectivity index (χ0v) is 7.01. The number of hydrogen-bond acceptors (Lipinski definition) is 3. The van der Waals surface area contributed by atoms with Crippen molar-refractivity contribution in [2.24, 2.45) is 0 Å². The highest BCUT2D eigenvalue weighted by Crippen LogP contribution is 2.12. The number of non-ortho nitro benzene ring substituents is 1.